The highest BCUT2D eigenvalue weighted by Gasteiger charge is 2.51. The Morgan fingerprint density at radius 1 is 1.25 bits per heavy atom. The number of benzene rings is 1. The Balaban J connectivity index is 2.83. The lowest BCUT2D eigenvalue weighted by molar-refractivity contribution is -0.148. The summed E-state index contributed by atoms with van der Waals surface area (Å²) in [4.78, 5) is 11.9. The van der Waals surface area contributed by atoms with E-state index in [-0.39, 0.29) is 5.75 Å². The third-order valence-electron chi connectivity index (χ3n) is 2.75. The number of hydrogen-bond acceptors (Lipinski definition) is 6. The van der Waals surface area contributed by atoms with Crippen LogP contribution < -0.4 is 4.74 Å². The number of carbonyl (C=O) groups is 1. The lowest BCUT2D eigenvalue weighted by Gasteiger charge is -2.28. The normalized spacial score (nSPS) is 13.5. The number of esters is 1. The minimum absolute atomic E-state index is 0.278. The second-order valence-corrected chi connectivity index (χ2v) is 9.57. The van der Waals surface area contributed by atoms with Crippen molar-refractivity contribution in [2.75, 3.05) is 20.8 Å². The molecule has 0 bridgehead atoms. The van der Waals surface area contributed by atoms with Crippen LogP contribution in [0.25, 0.3) is 0 Å². The van der Waals surface area contributed by atoms with Gasteiger partial charge in [0.1, 0.15) is 5.75 Å². The number of carbonyl (C=O) groups excluding carboxylic acids is 1. The number of hydrogen-bond donors (Lipinski definition) is 0. The molecule has 0 heterocycles. The summed E-state index contributed by atoms with van der Waals surface area (Å²) in [6.07, 6.45) is 0. The molecule has 6 nitrogen and oxygen atoms in total. The van der Waals surface area contributed by atoms with Crippen LogP contribution >= 0.6 is 54.0 Å². The van der Waals surface area contributed by atoms with Crippen molar-refractivity contribution in [1.82, 2.24) is 0 Å². The minimum atomic E-state index is -4.00. The summed E-state index contributed by atoms with van der Waals surface area (Å²) in [5.41, 5.74) is 0.880. The smallest absolute Gasteiger partial charge is 0.374 e. The van der Waals surface area contributed by atoms with E-state index in [1.54, 1.807) is 18.2 Å². The summed E-state index contributed by atoms with van der Waals surface area (Å²) in [5, 5.41) is 0.311. The van der Waals surface area contributed by atoms with Crippen LogP contribution in [0.3, 0.4) is 0 Å². The molecule has 1 rings (SSSR count). The third-order valence-corrected chi connectivity index (χ3v) is 6.20. The van der Waals surface area contributed by atoms with Crippen molar-refractivity contribution < 1.29 is 27.9 Å². The van der Waals surface area contributed by atoms with Crippen LogP contribution in [0.5, 0.6) is 5.75 Å². The van der Waals surface area contributed by atoms with Crippen molar-refractivity contribution in [3.05, 3.63) is 28.8 Å². The van der Waals surface area contributed by atoms with Crippen molar-refractivity contribution in [2.45, 2.75) is 16.6 Å². The Hall–Kier alpha value is -0.200. The van der Waals surface area contributed by atoms with Gasteiger partial charge in [0.05, 0.1) is 5.02 Å². The van der Waals surface area contributed by atoms with Crippen LogP contribution in [0.4, 0.5) is 0 Å². The van der Waals surface area contributed by atoms with Crippen LogP contribution in [0.1, 0.15) is 5.56 Å². The minimum Gasteiger partial charge on any atom is -0.480 e. The lowest BCUT2D eigenvalue weighted by atomic mass is 10.2. The average Bonchev–Trinajstić information content (AvgIpc) is 2.51. The lowest BCUT2D eigenvalue weighted by Crippen LogP contribution is -2.34. The van der Waals surface area contributed by atoms with Crippen LogP contribution in [0.2, 0.25) is 5.02 Å². The third kappa shape index (κ3) is 5.95. The molecule has 24 heavy (non-hydrogen) atoms. The van der Waals surface area contributed by atoms with E-state index in [0.29, 0.717) is 5.02 Å². The first-order chi connectivity index (χ1) is 11.0. The summed E-state index contributed by atoms with van der Waals surface area (Å²) >= 11 is 23.1. The fraction of sp³-hybridized carbons (Fsp3) is 0.462. The average molecular weight is 440 g/mol. The molecule has 0 aromatic heterocycles. The zero-order valence-corrected chi connectivity index (χ0v) is 16.8. The largest absolute Gasteiger partial charge is 0.480 e. The number of aryl methyl sites for hydroxylation is 1. The maximum atomic E-state index is 12.4. The van der Waals surface area contributed by atoms with Crippen molar-refractivity contribution in [1.29, 1.82) is 0 Å². The summed E-state index contributed by atoms with van der Waals surface area (Å²) in [7, 11) is -1.85. The van der Waals surface area contributed by atoms with E-state index in [0.717, 1.165) is 19.8 Å². The Morgan fingerprint density at radius 3 is 2.33 bits per heavy atom. The quantitative estimate of drug-likeness (QED) is 0.346. The Labute approximate surface area is 159 Å². The molecule has 1 unspecified atom stereocenters. The predicted octanol–water partition coefficient (Wildman–Crippen LogP) is 4.75. The molecule has 11 heteroatoms. The van der Waals surface area contributed by atoms with Gasteiger partial charge in [-0.1, -0.05) is 52.5 Å². The van der Waals surface area contributed by atoms with Crippen LogP contribution in [-0.2, 0) is 23.1 Å². The molecule has 1 aromatic carbocycles. The number of ether oxygens (including phenoxy) is 2. The number of rotatable bonds is 7. The highest BCUT2D eigenvalue weighted by atomic mass is 35.6. The van der Waals surface area contributed by atoms with Gasteiger partial charge in [0.25, 0.3) is 0 Å². The zero-order chi connectivity index (χ0) is 18.5. The maximum absolute atomic E-state index is 12.4. The molecule has 1 atom stereocenters. The maximum Gasteiger partial charge on any atom is 0.374 e. The standard InChI is InChI=1S/C13H15Cl4O6P/c1-8-4-5-9(14)10(6-8)22-7-11(18)23-12(13(15,16)17)24(19,20-2)21-3/h4-6,12H,7H2,1-3H3. The van der Waals surface area contributed by atoms with E-state index in [1.165, 1.54) is 0 Å². The SMILES string of the molecule is COP(=O)(OC)C(OC(=O)COc1cc(C)ccc1Cl)C(Cl)(Cl)Cl. The van der Waals surface area contributed by atoms with Gasteiger partial charge in [-0.3, -0.25) is 4.57 Å². The van der Waals surface area contributed by atoms with Gasteiger partial charge < -0.3 is 18.5 Å². The topological polar surface area (TPSA) is 71.1 Å². The molecule has 0 aliphatic heterocycles. The van der Waals surface area contributed by atoms with Gasteiger partial charge >= 0.3 is 13.6 Å². The van der Waals surface area contributed by atoms with Crippen molar-refractivity contribution in [3.8, 4) is 5.75 Å². The first-order valence-electron chi connectivity index (χ1n) is 6.40. The van der Waals surface area contributed by atoms with Crippen molar-refractivity contribution in [3.63, 3.8) is 0 Å². The molecule has 0 N–H and O–H groups in total. The molecule has 0 aliphatic carbocycles. The molecule has 0 saturated carbocycles. The van der Waals surface area contributed by atoms with Crippen molar-refractivity contribution in [2.24, 2.45) is 0 Å². The summed E-state index contributed by atoms with van der Waals surface area (Å²) in [5.74, 6) is -2.44. The molecule has 0 radical (unpaired) electrons. The van der Waals surface area contributed by atoms with E-state index < -0.39 is 29.8 Å². The second-order valence-electron chi connectivity index (χ2n) is 4.51. The molecular weight excluding hydrogens is 425 g/mol. The first kappa shape index (κ1) is 21.8. The Bertz CT molecular complexity index is 625. The molecule has 0 spiro atoms. The fourth-order valence-electron chi connectivity index (χ4n) is 1.59. The monoisotopic (exact) mass is 438 g/mol. The zero-order valence-electron chi connectivity index (χ0n) is 12.9. The molecule has 0 aliphatic rings. The van der Waals surface area contributed by atoms with Gasteiger partial charge in [0, 0.05) is 14.2 Å². The van der Waals surface area contributed by atoms with E-state index in [9.17, 15) is 9.36 Å². The molecular formula is C13H15Cl4O6P. The van der Waals surface area contributed by atoms with E-state index in [1.807, 2.05) is 6.92 Å². The van der Waals surface area contributed by atoms with Crippen LogP contribution in [-0.4, -0.2) is 36.4 Å². The Kier molecular flexibility index (Phi) is 8.14. The van der Waals surface area contributed by atoms with E-state index >= 15 is 0 Å². The summed E-state index contributed by atoms with van der Waals surface area (Å²) in [6, 6.07) is 5.03. The summed E-state index contributed by atoms with van der Waals surface area (Å²) in [6.45, 7) is 1.28. The molecule has 0 amide bonds. The van der Waals surface area contributed by atoms with Gasteiger partial charge in [0.15, 0.2) is 6.61 Å². The number of alkyl halides is 3. The van der Waals surface area contributed by atoms with E-state index in [4.69, 9.17) is 64.9 Å². The predicted molar refractivity (Wildman–Crippen MR) is 93.5 cm³/mol. The van der Waals surface area contributed by atoms with Gasteiger partial charge in [-0.05, 0) is 24.6 Å². The number of halogens is 4. The molecule has 0 saturated heterocycles. The van der Waals surface area contributed by atoms with Crippen LogP contribution in [0.15, 0.2) is 18.2 Å². The van der Waals surface area contributed by atoms with Crippen LogP contribution in [0, 0.1) is 6.92 Å². The first-order valence-corrected chi connectivity index (χ1v) is 9.52. The van der Waals surface area contributed by atoms with E-state index in [2.05, 4.69) is 0 Å². The summed E-state index contributed by atoms with van der Waals surface area (Å²) < 4.78 is 29.8. The highest BCUT2D eigenvalue weighted by Crippen LogP contribution is 2.59. The van der Waals surface area contributed by atoms with Gasteiger partial charge in [-0.2, -0.15) is 0 Å². The highest BCUT2D eigenvalue weighted by molar-refractivity contribution is 7.55. The van der Waals surface area contributed by atoms with Gasteiger partial charge in [-0.15, -0.1) is 0 Å². The van der Waals surface area contributed by atoms with Crippen molar-refractivity contribution >= 4 is 60.0 Å². The molecule has 136 valence electrons. The Morgan fingerprint density at radius 2 is 1.83 bits per heavy atom. The second kappa shape index (κ2) is 8.95. The van der Waals surface area contributed by atoms with Gasteiger partial charge in [-0.25, -0.2) is 4.79 Å². The fourth-order valence-corrected chi connectivity index (χ4v) is 4.11. The van der Waals surface area contributed by atoms with Gasteiger partial charge in [0.2, 0.25) is 9.64 Å². The molecule has 1 aromatic rings. The molecule has 0 fully saturated rings.